The minimum absolute atomic E-state index is 0.0143. The van der Waals surface area contributed by atoms with Gasteiger partial charge in [0.05, 0.1) is 17.5 Å². The molecule has 3 aliphatic rings. The molecule has 0 fully saturated rings. The van der Waals surface area contributed by atoms with Crippen LogP contribution in [0.3, 0.4) is 0 Å². The van der Waals surface area contributed by atoms with Gasteiger partial charge in [0.15, 0.2) is 29.0 Å². The summed E-state index contributed by atoms with van der Waals surface area (Å²) >= 11 is 0. The van der Waals surface area contributed by atoms with Gasteiger partial charge >= 0.3 is 0 Å². The highest BCUT2D eigenvalue weighted by Crippen LogP contribution is 2.52. The molecule has 0 aliphatic heterocycles. The molecule has 0 saturated heterocycles. The van der Waals surface area contributed by atoms with Crippen molar-refractivity contribution < 1.29 is 42.9 Å². The number of hydrogen-bond donors (Lipinski definition) is 5. The number of hydrogen-bond acceptors (Lipinski definition) is 8. The molecule has 0 bridgehead atoms. The molecule has 5 rings (SSSR count). The van der Waals surface area contributed by atoms with Crippen LogP contribution in [0.2, 0.25) is 0 Å². The van der Waals surface area contributed by atoms with Gasteiger partial charge in [-0.05, 0) is 73.7 Å². The Labute approximate surface area is 226 Å². The van der Waals surface area contributed by atoms with E-state index in [0.29, 0.717) is 0 Å². The van der Waals surface area contributed by atoms with E-state index in [1.54, 1.807) is 19.0 Å². The first-order valence-electron chi connectivity index (χ1n) is 12.4. The third-order valence-corrected chi connectivity index (χ3v) is 8.16. The summed E-state index contributed by atoms with van der Waals surface area (Å²) in [5.41, 5.74) is 10.4. The normalized spacial score (nSPS) is 24.3. The minimum Gasteiger partial charge on any atom is -0.511 e. The number of nitrogens with two attached hydrogens (primary N) is 2. The van der Waals surface area contributed by atoms with Crippen LogP contribution < -0.4 is 11.5 Å². The van der Waals surface area contributed by atoms with Gasteiger partial charge in [-0.1, -0.05) is 0 Å². The number of carbonyl (C=O) groups excluding carboxylic acids is 3. The standard InChI is InChI=1S/C28H26F3N3O6/c1-34(2)22-14-4-10-3-13-12(9-6-15(29)21(31)16(30)7-9)5-11(8-32)23(35)18(13)24(36)17(10)25(37)19(14)26(38)20(27(22)39)28(33)40/h5-7,10,14,19,22,35,37,39H,3-4,8,32H2,1-2H3,(H2,33,40)/t10?,14?,19?,22-/m0/s1. The molecule has 0 spiro atoms. The number of aliphatic hydroxyl groups is 2. The van der Waals surface area contributed by atoms with Crippen molar-refractivity contribution in [2.45, 2.75) is 25.4 Å². The van der Waals surface area contributed by atoms with E-state index in [2.05, 4.69) is 0 Å². The van der Waals surface area contributed by atoms with Crippen LogP contribution in [0.15, 0.2) is 40.9 Å². The lowest BCUT2D eigenvalue weighted by Gasteiger charge is -2.46. The lowest BCUT2D eigenvalue weighted by Crippen LogP contribution is -2.53. The molecule has 2 aromatic carbocycles. The van der Waals surface area contributed by atoms with Crippen molar-refractivity contribution in [2.24, 2.45) is 29.2 Å². The molecule has 0 heterocycles. The third-order valence-electron chi connectivity index (χ3n) is 8.16. The molecular weight excluding hydrogens is 531 g/mol. The summed E-state index contributed by atoms with van der Waals surface area (Å²) in [7, 11) is 3.21. The van der Waals surface area contributed by atoms with E-state index in [0.717, 1.165) is 12.1 Å². The minimum atomic E-state index is -1.67. The summed E-state index contributed by atoms with van der Waals surface area (Å²) in [6, 6.07) is 2.00. The Morgan fingerprint density at radius 3 is 2.23 bits per heavy atom. The topological polar surface area (TPSA) is 167 Å². The van der Waals surface area contributed by atoms with E-state index in [4.69, 9.17) is 11.5 Å². The zero-order chi connectivity index (χ0) is 29.4. The summed E-state index contributed by atoms with van der Waals surface area (Å²) in [4.78, 5) is 40.8. The average Bonchev–Trinajstić information content (AvgIpc) is 2.86. The highest BCUT2D eigenvalue weighted by Gasteiger charge is 2.54. The number of phenolic OH excluding ortho intramolecular Hbond substituents is 1. The molecule has 0 saturated carbocycles. The maximum Gasteiger partial charge on any atom is 0.255 e. The maximum atomic E-state index is 14.2. The fourth-order valence-electron chi connectivity index (χ4n) is 6.52. The molecule has 40 heavy (non-hydrogen) atoms. The summed E-state index contributed by atoms with van der Waals surface area (Å²) < 4.78 is 42.1. The molecule has 12 heteroatoms. The number of fused-ring (bicyclic) bond motifs is 3. The van der Waals surface area contributed by atoms with Gasteiger partial charge in [-0.3, -0.25) is 19.3 Å². The Bertz CT molecular complexity index is 1560. The molecule has 210 valence electrons. The van der Waals surface area contributed by atoms with Crippen LogP contribution in [-0.4, -0.2) is 57.8 Å². The van der Waals surface area contributed by atoms with E-state index in [-0.39, 0.29) is 52.8 Å². The number of carbonyl (C=O) groups is 3. The number of nitrogens with zero attached hydrogens (tertiary/aromatic N) is 1. The smallest absolute Gasteiger partial charge is 0.255 e. The average molecular weight is 558 g/mol. The van der Waals surface area contributed by atoms with Crippen molar-refractivity contribution in [3.63, 3.8) is 0 Å². The lowest BCUT2D eigenvalue weighted by molar-refractivity contribution is -0.127. The molecule has 3 unspecified atom stereocenters. The number of aliphatic hydroxyl groups excluding tert-OH is 2. The molecular formula is C28H26F3N3O6. The summed E-state index contributed by atoms with van der Waals surface area (Å²) in [6.07, 6.45) is 0.0739. The van der Waals surface area contributed by atoms with Gasteiger partial charge in [0, 0.05) is 17.7 Å². The van der Waals surface area contributed by atoms with E-state index < -0.39 is 81.6 Å². The first-order valence-corrected chi connectivity index (χ1v) is 12.4. The first kappa shape index (κ1) is 27.4. The molecule has 0 aromatic heterocycles. The lowest BCUT2D eigenvalue weighted by atomic mass is 9.60. The van der Waals surface area contributed by atoms with Gasteiger partial charge in [0.25, 0.3) is 5.91 Å². The van der Waals surface area contributed by atoms with Crippen molar-refractivity contribution in [1.29, 1.82) is 0 Å². The molecule has 7 N–H and O–H groups in total. The highest BCUT2D eigenvalue weighted by atomic mass is 19.2. The van der Waals surface area contributed by atoms with E-state index >= 15 is 0 Å². The molecule has 0 radical (unpaired) electrons. The van der Waals surface area contributed by atoms with Crippen molar-refractivity contribution in [2.75, 3.05) is 14.1 Å². The number of aromatic hydroxyl groups is 1. The fourth-order valence-corrected chi connectivity index (χ4v) is 6.52. The zero-order valence-corrected chi connectivity index (χ0v) is 21.5. The number of primary amides is 1. The van der Waals surface area contributed by atoms with Gasteiger partial charge in [0.2, 0.25) is 0 Å². The number of likely N-dealkylation sites (N-methyl/N-ethyl adjacent to an activating group) is 1. The van der Waals surface area contributed by atoms with Gasteiger partial charge < -0.3 is 26.8 Å². The van der Waals surface area contributed by atoms with E-state index in [1.807, 2.05) is 0 Å². The second kappa shape index (κ2) is 9.49. The zero-order valence-electron chi connectivity index (χ0n) is 21.5. The Balaban J connectivity index is 1.74. The first-order chi connectivity index (χ1) is 18.8. The predicted octanol–water partition coefficient (Wildman–Crippen LogP) is 2.55. The maximum absolute atomic E-state index is 14.2. The number of Topliss-reactive ketones (excluding diaryl/α,β-unsaturated/α-hetero) is 2. The number of rotatable bonds is 4. The van der Waals surface area contributed by atoms with Crippen LogP contribution in [0.4, 0.5) is 13.2 Å². The van der Waals surface area contributed by atoms with E-state index in [1.165, 1.54) is 6.07 Å². The SMILES string of the molecule is CN(C)[C@@H]1C(O)=C(C(N)=O)C(=O)C2C(O)=C3C(=O)c4c(O)c(CN)cc(-c5cc(F)c(F)c(F)c5)c4CC3CC21. The van der Waals surface area contributed by atoms with Crippen LogP contribution in [0, 0.1) is 35.2 Å². The largest absolute Gasteiger partial charge is 0.511 e. The molecule has 3 aliphatic carbocycles. The van der Waals surface area contributed by atoms with Crippen molar-refractivity contribution in [3.05, 3.63) is 75.0 Å². The van der Waals surface area contributed by atoms with Crippen LogP contribution in [0.25, 0.3) is 11.1 Å². The Morgan fingerprint density at radius 2 is 1.68 bits per heavy atom. The summed E-state index contributed by atoms with van der Waals surface area (Å²) in [6.45, 7) is -0.264. The number of ketones is 2. The van der Waals surface area contributed by atoms with Crippen molar-refractivity contribution in [3.8, 4) is 16.9 Å². The monoisotopic (exact) mass is 557 g/mol. The predicted molar refractivity (Wildman–Crippen MR) is 135 cm³/mol. The molecule has 4 atom stereocenters. The number of allylic oxidation sites excluding steroid dienone is 2. The van der Waals surface area contributed by atoms with Gasteiger partial charge in [-0.2, -0.15) is 0 Å². The molecule has 9 nitrogen and oxygen atoms in total. The Hall–Kier alpha value is -4.16. The second-order valence-electron chi connectivity index (χ2n) is 10.5. The highest BCUT2D eigenvalue weighted by molar-refractivity contribution is 6.22. The number of halogens is 3. The quantitative estimate of drug-likeness (QED) is 0.282. The van der Waals surface area contributed by atoms with Gasteiger partial charge in [-0.15, -0.1) is 0 Å². The Kier molecular flexibility index (Phi) is 6.50. The van der Waals surface area contributed by atoms with Crippen LogP contribution in [0.5, 0.6) is 5.75 Å². The van der Waals surface area contributed by atoms with Crippen LogP contribution in [-0.2, 0) is 22.6 Å². The van der Waals surface area contributed by atoms with Gasteiger partial charge in [0.1, 0.15) is 22.8 Å². The summed E-state index contributed by atoms with van der Waals surface area (Å²) in [5.74, 6) is -12.0. The Morgan fingerprint density at radius 1 is 1.05 bits per heavy atom. The van der Waals surface area contributed by atoms with Crippen LogP contribution in [0.1, 0.15) is 27.9 Å². The number of amides is 1. The van der Waals surface area contributed by atoms with E-state index in [9.17, 15) is 42.9 Å². The number of benzene rings is 2. The molecule has 1 amide bonds. The fraction of sp³-hybridized carbons (Fsp3) is 0.321. The third kappa shape index (κ3) is 3.81. The molecule has 2 aromatic rings. The second-order valence-corrected chi connectivity index (χ2v) is 10.5. The van der Waals surface area contributed by atoms with Crippen LogP contribution >= 0.6 is 0 Å². The van der Waals surface area contributed by atoms with Gasteiger partial charge in [-0.25, -0.2) is 13.2 Å². The summed E-state index contributed by atoms with van der Waals surface area (Å²) in [5, 5.41) is 33.2. The van der Waals surface area contributed by atoms with Crippen molar-refractivity contribution in [1.82, 2.24) is 4.90 Å². The van der Waals surface area contributed by atoms with Crippen molar-refractivity contribution >= 4 is 17.5 Å². The number of phenols is 1.